The number of nitrogens with two attached hydrogens (primary N) is 1. The molecule has 0 aliphatic rings. The molecule has 19 heavy (non-hydrogen) atoms. The first-order chi connectivity index (χ1) is 8.97. The number of hydrogen-bond acceptors (Lipinski definition) is 3. The van der Waals surface area contributed by atoms with Crippen LogP contribution in [0.25, 0.3) is 0 Å². The van der Waals surface area contributed by atoms with Crippen LogP contribution in [0.4, 0.5) is 5.69 Å². The smallest absolute Gasteiger partial charge is 0.226 e. The number of halogens is 1. The molecule has 0 aliphatic carbocycles. The number of benzene rings is 1. The van der Waals surface area contributed by atoms with Gasteiger partial charge in [0, 0.05) is 35.6 Å². The Morgan fingerprint density at radius 2 is 1.89 bits per heavy atom. The highest BCUT2D eigenvalue weighted by Gasteiger charge is 2.06. The van der Waals surface area contributed by atoms with E-state index in [1.165, 1.54) is 0 Å². The van der Waals surface area contributed by atoms with Crippen molar-refractivity contribution in [1.82, 2.24) is 5.32 Å². The van der Waals surface area contributed by atoms with Gasteiger partial charge in [-0.1, -0.05) is 15.9 Å². The molecule has 1 unspecified atom stereocenters. The van der Waals surface area contributed by atoms with E-state index >= 15 is 0 Å². The Morgan fingerprint density at radius 1 is 1.26 bits per heavy atom. The van der Waals surface area contributed by atoms with Gasteiger partial charge in [-0.25, -0.2) is 0 Å². The van der Waals surface area contributed by atoms with E-state index in [9.17, 15) is 9.59 Å². The summed E-state index contributed by atoms with van der Waals surface area (Å²) in [5.41, 5.74) is 6.23. The third-order valence-electron chi connectivity index (χ3n) is 2.31. The van der Waals surface area contributed by atoms with Crippen LogP contribution in [0.1, 0.15) is 19.8 Å². The number of nitrogens with one attached hydrogen (secondary N) is 2. The lowest BCUT2D eigenvalue weighted by molar-refractivity contribution is -0.121. The molecule has 0 aromatic heterocycles. The molecule has 4 N–H and O–H groups in total. The van der Waals surface area contributed by atoms with Gasteiger partial charge >= 0.3 is 0 Å². The fourth-order valence-electron chi connectivity index (χ4n) is 1.44. The summed E-state index contributed by atoms with van der Waals surface area (Å²) in [5, 5.41) is 5.40. The molecule has 1 rings (SSSR count). The molecule has 0 spiro atoms. The van der Waals surface area contributed by atoms with E-state index in [0.29, 0.717) is 6.54 Å². The Balaban J connectivity index is 2.25. The zero-order chi connectivity index (χ0) is 14.3. The lowest BCUT2D eigenvalue weighted by Crippen LogP contribution is -2.32. The minimum atomic E-state index is -0.170. The Kier molecular flexibility index (Phi) is 6.52. The van der Waals surface area contributed by atoms with E-state index in [4.69, 9.17) is 5.73 Å². The fraction of sp³-hybridized carbons (Fsp3) is 0.385. The largest absolute Gasteiger partial charge is 0.356 e. The first-order valence-corrected chi connectivity index (χ1v) is 6.84. The van der Waals surface area contributed by atoms with Gasteiger partial charge in [0.2, 0.25) is 11.8 Å². The Morgan fingerprint density at radius 3 is 2.47 bits per heavy atom. The number of rotatable bonds is 6. The molecule has 104 valence electrons. The number of amides is 2. The first kappa shape index (κ1) is 15.7. The second-order valence-corrected chi connectivity index (χ2v) is 5.25. The van der Waals surface area contributed by atoms with Gasteiger partial charge in [0.25, 0.3) is 0 Å². The molecule has 0 bridgehead atoms. The third-order valence-corrected chi connectivity index (χ3v) is 2.84. The predicted octanol–water partition coefficient (Wildman–Crippen LogP) is 1.63. The molecule has 1 aromatic carbocycles. The number of anilines is 1. The summed E-state index contributed by atoms with van der Waals surface area (Å²) < 4.78 is 0.952. The van der Waals surface area contributed by atoms with Gasteiger partial charge in [-0.2, -0.15) is 0 Å². The van der Waals surface area contributed by atoms with Crippen LogP contribution in [0.3, 0.4) is 0 Å². The molecule has 0 saturated carbocycles. The second-order valence-electron chi connectivity index (χ2n) is 4.34. The summed E-state index contributed by atoms with van der Waals surface area (Å²) >= 11 is 3.32. The molecular formula is C13H18BrN3O2. The maximum atomic E-state index is 11.6. The van der Waals surface area contributed by atoms with Gasteiger partial charge in [-0.15, -0.1) is 0 Å². The molecule has 1 aromatic rings. The van der Waals surface area contributed by atoms with Crippen LogP contribution in [-0.2, 0) is 9.59 Å². The van der Waals surface area contributed by atoms with Crippen molar-refractivity contribution in [3.8, 4) is 0 Å². The van der Waals surface area contributed by atoms with Crippen molar-refractivity contribution in [1.29, 1.82) is 0 Å². The maximum Gasteiger partial charge on any atom is 0.226 e. The van der Waals surface area contributed by atoms with Crippen molar-refractivity contribution >= 4 is 33.4 Å². The van der Waals surface area contributed by atoms with Crippen LogP contribution in [-0.4, -0.2) is 24.4 Å². The summed E-state index contributed by atoms with van der Waals surface area (Å²) in [6.07, 6.45) is 0.509. The van der Waals surface area contributed by atoms with Crippen LogP contribution >= 0.6 is 15.9 Å². The molecule has 0 saturated heterocycles. The highest BCUT2D eigenvalue weighted by atomic mass is 79.9. The van der Waals surface area contributed by atoms with Crippen molar-refractivity contribution in [2.24, 2.45) is 5.73 Å². The topological polar surface area (TPSA) is 84.2 Å². The number of carbonyl (C=O) groups is 2. The molecule has 0 fully saturated rings. The van der Waals surface area contributed by atoms with Gasteiger partial charge in [-0.05, 0) is 31.2 Å². The Bertz CT molecular complexity index is 432. The molecule has 0 radical (unpaired) electrons. The van der Waals surface area contributed by atoms with Crippen LogP contribution < -0.4 is 16.4 Å². The summed E-state index contributed by atoms with van der Waals surface area (Å²) in [5.74, 6) is -0.269. The molecule has 1 atom stereocenters. The lowest BCUT2D eigenvalue weighted by atomic mass is 10.2. The molecule has 6 heteroatoms. The minimum absolute atomic E-state index is 0.133. The van der Waals surface area contributed by atoms with Gasteiger partial charge < -0.3 is 16.4 Å². The molecular weight excluding hydrogens is 310 g/mol. The summed E-state index contributed by atoms with van der Waals surface area (Å²) in [6.45, 7) is 2.08. The lowest BCUT2D eigenvalue weighted by Gasteiger charge is -2.08. The molecule has 0 heterocycles. The second kappa shape index (κ2) is 7.91. The monoisotopic (exact) mass is 327 g/mol. The van der Waals surface area contributed by atoms with Crippen LogP contribution in [0.5, 0.6) is 0 Å². The first-order valence-electron chi connectivity index (χ1n) is 6.05. The van der Waals surface area contributed by atoms with Gasteiger partial charge in [0.05, 0.1) is 0 Å². The highest BCUT2D eigenvalue weighted by Crippen LogP contribution is 2.14. The van der Waals surface area contributed by atoms with Crippen molar-refractivity contribution in [3.63, 3.8) is 0 Å². The molecule has 2 amide bonds. The quantitative estimate of drug-likeness (QED) is 0.742. The van der Waals surface area contributed by atoms with E-state index in [1.807, 2.05) is 12.1 Å². The third kappa shape index (κ3) is 6.93. The van der Waals surface area contributed by atoms with Crippen molar-refractivity contribution in [2.45, 2.75) is 25.8 Å². The molecule has 0 aliphatic heterocycles. The zero-order valence-electron chi connectivity index (χ0n) is 10.8. The van der Waals surface area contributed by atoms with Crippen molar-refractivity contribution in [3.05, 3.63) is 28.7 Å². The Hall–Kier alpha value is -1.40. The standard InChI is InChI=1S/C13H18BrN3O2/c1-9(15)8-13(19)16-7-6-12(18)17-11-4-2-10(14)3-5-11/h2-5,9H,6-8,15H2,1H3,(H,16,19)(H,17,18). The van der Waals surface area contributed by atoms with E-state index in [2.05, 4.69) is 26.6 Å². The van der Waals surface area contributed by atoms with Gasteiger partial charge in [0.1, 0.15) is 0 Å². The van der Waals surface area contributed by atoms with Crippen LogP contribution in [0, 0.1) is 0 Å². The minimum Gasteiger partial charge on any atom is -0.356 e. The fourth-order valence-corrected chi connectivity index (χ4v) is 1.70. The average Bonchev–Trinajstić information content (AvgIpc) is 2.31. The highest BCUT2D eigenvalue weighted by molar-refractivity contribution is 9.10. The molecule has 5 nitrogen and oxygen atoms in total. The van der Waals surface area contributed by atoms with E-state index < -0.39 is 0 Å². The summed E-state index contributed by atoms with van der Waals surface area (Å²) in [6, 6.07) is 7.13. The van der Waals surface area contributed by atoms with Gasteiger partial charge in [0.15, 0.2) is 0 Å². The SMILES string of the molecule is CC(N)CC(=O)NCCC(=O)Nc1ccc(Br)cc1. The van der Waals surface area contributed by atoms with Gasteiger partial charge in [-0.3, -0.25) is 9.59 Å². The number of carbonyl (C=O) groups excluding carboxylic acids is 2. The predicted molar refractivity (Wildman–Crippen MR) is 78.7 cm³/mol. The zero-order valence-corrected chi connectivity index (χ0v) is 12.4. The average molecular weight is 328 g/mol. The van der Waals surface area contributed by atoms with E-state index in [1.54, 1.807) is 19.1 Å². The van der Waals surface area contributed by atoms with Crippen molar-refractivity contribution in [2.75, 3.05) is 11.9 Å². The summed E-state index contributed by atoms with van der Waals surface area (Å²) in [7, 11) is 0. The Labute approximate surface area is 121 Å². The number of hydrogen-bond donors (Lipinski definition) is 3. The normalized spacial score (nSPS) is 11.7. The van der Waals surface area contributed by atoms with Crippen molar-refractivity contribution < 1.29 is 9.59 Å². The van der Waals surface area contributed by atoms with E-state index in [0.717, 1.165) is 10.2 Å². The summed E-state index contributed by atoms with van der Waals surface area (Å²) in [4.78, 5) is 22.9. The maximum absolute atomic E-state index is 11.6. The van der Waals surface area contributed by atoms with Crippen LogP contribution in [0.15, 0.2) is 28.7 Å². The van der Waals surface area contributed by atoms with E-state index in [-0.39, 0.29) is 30.7 Å². The van der Waals surface area contributed by atoms with Crippen LogP contribution in [0.2, 0.25) is 0 Å².